The molecule has 29 heavy (non-hydrogen) atoms. The fraction of sp³-hybridized carbons (Fsp3) is 0.111. The van der Waals surface area contributed by atoms with E-state index in [1.807, 2.05) is 6.07 Å². The number of nitrogens with zero attached hydrogens (tertiary/aromatic N) is 2. The Morgan fingerprint density at radius 3 is 2.00 bits per heavy atom. The predicted molar refractivity (Wildman–Crippen MR) is 122 cm³/mol. The highest BCUT2D eigenvalue weighted by Gasteiger charge is 2.14. The molecule has 0 spiro atoms. The summed E-state index contributed by atoms with van der Waals surface area (Å²) in [4.78, 5) is 9.88. The number of fused-ring (bicyclic) bond motifs is 3. The third kappa shape index (κ3) is 3.17. The van der Waals surface area contributed by atoms with Crippen LogP contribution < -0.4 is 0 Å². The minimum absolute atomic E-state index is 0.271. The Labute approximate surface area is 170 Å². The van der Waals surface area contributed by atoms with Gasteiger partial charge in [-0.15, -0.1) is 0 Å². The maximum absolute atomic E-state index is 5.01. The van der Waals surface area contributed by atoms with Crippen molar-refractivity contribution in [3.8, 4) is 22.4 Å². The molecule has 4 aromatic carbocycles. The van der Waals surface area contributed by atoms with Crippen LogP contribution in [0.2, 0.25) is 0 Å². The first-order valence-electron chi connectivity index (χ1n) is 10.1. The van der Waals surface area contributed by atoms with Gasteiger partial charge in [-0.1, -0.05) is 98.8 Å². The Kier molecular flexibility index (Phi) is 4.33. The Morgan fingerprint density at radius 1 is 0.586 bits per heavy atom. The van der Waals surface area contributed by atoms with Gasteiger partial charge in [-0.3, -0.25) is 0 Å². The molecule has 140 valence electrons. The van der Waals surface area contributed by atoms with E-state index in [0.29, 0.717) is 0 Å². The van der Waals surface area contributed by atoms with Crippen molar-refractivity contribution in [2.45, 2.75) is 19.8 Å². The Hall–Kier alpha value is -3.52. The first kappa shape index (κ1) is 17.6. The van der Waals surface area contributed by atoms with E-state index in [0.717, 1.165) is 28.0 Å². The molecule has 0 atom stereocenters. The lowest BCUT2D eigenvalue weighted by molar-refractivity contribution is 0.785. The molecular formula is C27H22N2. The normalized spacial score (nSPS) is 11.4. The quantitative estimate of drug-likeness (QED) is 0.311. The summed E-state index contributed by atoms with van der Waals surface area (Å²) in [6.45, 7) is 4.29. The minimum Gasteiger partial charge on any atom is -0.233 e. The summed E-state index contributed by atoms with van der Waals surface area (Å²) in [5, 5.41) is 3.53. The second-order valence-electron chi connectivity index (χ2n) is 7.71. The maximum Gasteiger partial charge on any atom is 0.132 e. The van der Waals surface area contributed by atoms with Gasteiger partial charge in [0, 0.05) is 16.9 Å². The first-order valence-corrected chi connectivity index (χ1v) is 10.1. The van der Waals surface area contributed by atoms with Gasteiger partial charge in [-0.25, -0.2) is 9.97 Å². The van der Waals surface area contributed by atoms with E-state index >= 15 is 0 Å². The summed E-state index contributed by atoms with van der Waals surface area (Å²) in [5.74, 6) is 1.16. The van der Waals surface area contributed by atoms with Crippen LogP contribution in [-0.4, -0.2) is 9.97 Å². The molecular weight excluding hydrogens is 352 g/mol. The molecule has 0 radical (unpaired) electrons. The number of hydrogen-bond acceptors (Lipinski definition) is 2. The molecule has 2 heteroatoms. The Balaban J connectivity index is 1.75. The van der Waals surface area contributed by atoms with E-state index in [4.69, 9.17) is 9.97 Å². The predicted octanol–water partition coefficient (Wildman–Crippen LogP) is 7.24. The minimum atomic E-state index is 0.271. The Morgan fingerprint density at radius 2 is 1.24 bits per heavy atom. The summed E-state index contributed by atoms with van der Waals surface area (Å²) in [6, 6.07) is 31.9. The van der Waals surface area contributed by atoms with Gasteiger partial charge >= 0.3 is 0 Å². The lowest BCUT2D eigenvalue weighted by atomic mass is 9.97. The van der Waals surface area contributed by atoms with Crippen LogP contribution in [0, 0.1) is 0 Å². The van der Waals surface area contributed by atoms with Crippen LogP contribution in [-0.2, 0) is 0 Å². The van der Waals surface area contributed by atoms with Gasteiger partial charge in [0.05, 0.1) is 11.2 Å². The first-order chi connectivity index (χ1) is 14.2. The highest BCUT2D eigenvalue weighted by molar-refractivity contribution is 6.12. The Bertz CT molecular complexity index is 1300. The average molecular weight is 374 g/mol. The molecule has 0 amide bonds. The third-order valence-electron chi connectivity index (χ3n) is 5.39. The fourth-order valence-corrected chi connectivity index (χ4v) is 3.84. The molecule has 5 rings (SSSR count). The van der Waals surface area contributed by atoms with Gasteiger partial charge in [-0.2, -0.15) is 0 Å². The van der Waals surface area contributed by atoms with Crippen LogP contribution in [0.15, 0.2) is 91.0 Å². The molecule has 0 aliphatic heterocycles. The van der Waals surface area contributed by atoms with Gasteiger partial charge in [0.25, 0.3) is 0 Å². The average Bonchev–Trinajstić information content (AvgIpc) is 2.79. The zero-order valence-electron chi connectivity index (χ0n) is 16.6. The number of hydrogen-bond donors (Lipinski definition) is 0. The number of rotatable bonds is 3. The summed E-state index contributed by atoms with van der Waals surface area (Å²) in [5.41, 5.74) is 5.57. The third-order valence-corrected chi connectivity index (χ3v) is 5.39. The van der Waals surface area contributed by atoms with Crippen molar-refractivity contribution in [1.29, 1.82) is 0 Å². The molecule has 5 aromatic rings. The van der Waals surface area contributed by atoms with E-state index in [1.165, 1.54) is 21.9 Å². The van der Waals surface area contributed by atoms with Crippen molar-refractivity contribution in [3.05, 3.63) is 96.8 Å². The second kappa shape index (κ2) is 7.14. The lowest BCUT2D eigenvalue weighted by Crippen LogP contribution is -2.01. The van der Waals surface area contributed by atoms with E-state index in [-0.39, 0.29) is 5.92 Å². The SMILES string of the molecule is CC(C)c1nc(-c2ccc(-c3ccccc3)cc2)c2c(ccc3ccccc32)n1. The molecule has 1 aromatic heterocycles. The van der Waals surface area contributed by atoms with Gasteiger partial charge < -0.3 is 0 Å². The monoisotopic (exact) mass is 374 g/mol. The highest BCUT2D eigenvalue weighted by Crippen LogP contribution is 2.34. The molecule has 0 aliphatic rings. The zero-order valence-corrected chi connectivity index (χ0v) is 16.6. The van der Waals surface area contributed by atoms with Gasteiger partial charge in [-0.05, 0) is 28.0 Å². The standard InChI is InChI=1S/C27H22N2/c1-18(2)27-28-24-17-16-21-10-6-7-11-23(21)25(24)26(29-27)22-14-12-20(13-15-22)19-8-4-3-5-9-19/h3-18H,1-2H3. The van der Waals surface area contributed by atoms with Crippen LogP contribution in [0.1, 0.15) is 25.6 Å². The summed E-state index contributed by atoms with van der Waals surface area (Å²) in [6.07, 6.45) is 0. The smallest absolute Gasteiger partial charge is 0.132 e. The maximum atomic E-state index is 5.01. The molecule has 0 saturated heterocycles. The van der Waals surface area contributed by atoms with E-state index in [1.54, 1.807) is 0 Å². The molecule has 0 bridgehead atoms. The van der Waals surface area contributed by atoms with Gasteiger partial charge in [0.1, 0.15) is 5.82 Å². The molecule has 2 nitrogen and oxygen atoms in total. The number of aromatic nitrogens is 2. The van der Waals surface area contributed by atoms with Crippen molar-refractivity contribution in [2.24, 2.45) is 0 Å². The molecule has 1 heterocycles. The van der Waals surface area contributed by atoms with Crippen LogP contribution >= 0.6 is 0 Å². The van der Waals surface area contributed by atoms with E-state index < -0.39 is 0 Å². The van der Waals surface area contributed by atoms with E-state index in [9.17, 15) is 0 Å². The molecule has 0 fully saturated rings. The van der Waals surface area contributed by atoms with Crippen molar-refractivity contribution >= 4 is 21.7 Å². The highest BCUT2D eigenvalue weighted by atomic mass is 14.9. The summed E-state index contributed by atoms with van der Waals surface area (Å²) < 4.78 is 0. The number of benzene rings is 4. The second-order valence-corrected chi connectivity index (χ2v) is 7.71. The molecule has 0 N–H and O–H groups in total. The van der Waals surface area contributed by atoms with Crippen LogP contribution in [0.25, 0.3) is 44.1 Å². The van der Waals surface area contributed by atoms with Crippen molar-refractivity contribution < 1.29 is 0 Å². The van der Waals surface area contributed by atoms with Crippen molar-refractivity contribution in [2.75, 3.05) is 0 Å². The topological polar surface area (TPSA) is 25.8 Å². The molecule has 0 unspecified atom stereocenters. The molecule has 0 saturated carbocycles. The van der Waals surface area contributed by atoms with Crippen molar-refractivity contribution in [3.63, 3.8) is 0 Å². The van der Waals surface area contributed by atoms with Gasteiger partial charge in [0.2, 0.25) is 0 Å². The van der Waals surface area contributed by atoms with Gasteiger partial charge in [0.15, 0.2) is 0 Å². The van der Waals surface area contributed by atoms with Crippen LogP contribution in [0.5, 0.6) is 0 Å². The fourth-order valence-electron chi connectivity index (χ4n) is 3.84. The van der Waals surface area contributed by atoms with Crippen molar-refractivity contribution in [1.82, 2.24) is 9.97 Å². The van der Waals surface area contributed by atoms with Crippen LogP contribution in [0.3, 0.4) is 0 Å². The summed E-state index contributed by atoms with van der Waals surface area (Å²) >= 11 is 0. The van der Waals surface area contributed by atoms with Crippen LogP contribution in [0.4, 0.5) is 0 Å². The van der Waals surface area contributed by atoms with E-state index in [2.05, 4.69) is 98.8 Å². The molecule has 0 aliphatic carbocycles. The zero-order chi connectivity index (χ0) is 19.8. The largest absolute Gasteiger partial charge is 0.233 e. The lowest BCUT2D eigenvalue weighted by Gasteiger charge is -2.13. The summed E-state index contributed by atoms with van der Waals surface area (Å²) in [7, 11) is 0.